The van der Waals surface area contributed by atoms with Gasteiger partial charge in [-0.05, 0) is 63.7 Å². The van der Waals surface area contributed by atoms with E-state index in [1.165, 1.54) is 60.9 Å². The molecule has 212 valence electrons. The molecule has 3 aromatic heterocycles. The summed E-state index contributed by atoms with van der Waals surface area (Å²) in [6.45, 7) is 0. The number of benzene rings is 6. The number of pyridine rings is 2. The maximum absolute atomic E-state index is 5.19. The van der Waals surface area contributed by atoms with Crippen LogP contribution in [0.1, 0.15) is 22.3 Å². The SMILES string of the molecule is c1ccc2c(c1)-c1ccccc1C21c2ccccc2-n2c3ccc(-c4ccc5ccc6cccnc6c5n4)cc3c3cccc1c32. The van der Waals surface area contributed by atoms with Crippen molar-refractivity contribution in [2.45, 2.75) is 5.41 Å². The molecule has 0 radical (unpaired) electrons. The summed E-state index contributed by atoms with van der Waals surface area (Å²) in [4.78, 5) is 9.88. The first kappa shape index (κ1) is 24.3. The van der Waals surface area contributed by atoms with Crippen LogP contribution in [0.5, 0.6) is 0 Å². The maximum Gasteiger partial charge on any atom is 0.0972 e. The zero-order valence-corrected chi connectivity index (χ0v) is 24.8. The third-order valence-electron chi connectivity index (χ3n) is 10.4. The number of aromatic nitrogens is 3. The number of hydrogen-bond donors (Lipinski definition) is 0. The maximum atomic E-state index is 5.19. The van der Waals surface area contributed by atoms with Gasteiger partial charge in [-0.1, -0.05) is 115 Å². The van der Waals surface area contributed by atoms with Crippen molar-refractivity contribution < 1.29 is 0 Å². The van der Waals surface area contributed by atoms with Crippen LogP contribution in [-0.2, 0) is 5.41 Å². The van der Waals surface area contributed by atoms with Crippen LogP contribution in [0.3, 0.4) is 0 Å². The predicted octanol–water partition coefficient (Wildman–Crippen LogP) is 10.2. The lowest BCUT2D eigenvalue weighted by Crippen LogP contribution is -2.33. The Hall–Kier alpha value is -6.06. The fraction of sp³-hybridized carbons (Fsp3) is 0.0233. The molecule has 1 spiro atoms. The van der Waals surface area contributed by atoms with Crippen LogP contribution in [0.2, 0.25) is 0 Å². The molecule has 0 bridgehead atoms. The lowest BCUT2D eigenvalue weighted by atomic mass is 9.65. The molecule has 46 heavy (non-hydrogen) atoms. The lowest BCUT2D eigenvalue weighted by Gasteiger charge is -2.39. The van der Waals surface area contributed by atoms with Gasteiger partial charge in [0.25, 0.3) is 0 Å². The van der Waals surface area contributed by atoms with Gasteiger partial charge in [-0.3, -0.25) is 4.98 Å². The molecule has 9 aromatic rings. The van der Waals surface area contributed by atoms with Gasteiger partial charge in [0, 0.05) is 33.3 Å². The standard InChI is InChI=1S/C43H25N3/c1-3-13-33-29(10-1)30-11-2-4-14-34(30)43(33)35-15-5-6-17-39(35)46-38-23-21-28(25-32(38)31-12-7-16-36(43)42(31)46)37-22-20-27-19-18-26-9-8-24-44-40(26)41(27)45-37/h1-25H. The van der Waals surface area contributed by atoms with Gasteiger partial charge in [0.2, 0.25) is 0 Å². The van der Waals surface area contributed by atoms with Crippen LogP contribution in [-0.4, -0.2) is 14.5 Å². The Balaban J connectivity index is 1.23. The summed E-state index contributed by atoms with van der Waals surface area (Å²) < 4.78 is 2.50. The Bertz CT molecular complexity index is 2720. The second-order valence-electron chi connectivity index (χ2n) is 12.5. The highest BCUT2D eigenvalue weighted by Crippen LogP contribution is 2.60. The van der Waals surface area contributed by atoms with Crippen molar-refractivity contribution in [3.8, 4) is 28.1 Å². The summed E-state index contributed by atoms with van der Waals surface area (Å²) in [5, 5.41) is 4.70. The van der Waals surface area contributed by atoms with Gasteiger partial charge in [-0.15, -0.1) is 0 Å². The van der Waals surface area contributed by atoms with Crippen molar-refractivity contribution in [3.63, 3.8) is 0 Å². The molecular formula is C43H25N3. The summed E-state index contributed by atoms with van der Waals surface area (Å²) in [6, 6.07) is 53.4. The third kappa shape index (κ3) is 2.84. The summed E-state index contributed by atoms with van der Waals surface area (Å²) >= 11 is 0. The summed E-state index contributed by atoms with van der Waals surface area (Å²) in [6.07, 6.45) is 1.85. The molecule has 3 nitrogen and oxygen atoms in total. The van der Waals surface area contributed by atoms with Crippen LogP contribution in [0.25, 0.3) is 71.7 Å². The molecule has 0 saturated carbocycles. The number of hydrogen-bond acceptors (Lipinski definition) is 2. The Morgan fingerprint density at radius 2 is 1.20 bits per heavy atom. The van der Waals surface area contributed by atoms with E-state index in [1.54, 1.807) is 0 Å². The van der Waals surface area contributed by atoms with Gasteiger partial charge in [0.15, 0.2) is 0 Å². The fourth-order valence-electron chi connectivity index (χ4n) is 8.61. The number of para-hydroxylation sites is 2. The smallest absolute Gasteiger partial charge is 0.0972 e. The van der Waals surface area contributed by atoms with E-state index in [1.807, 2.05) is 12.3 Å². The average molecular weight is 584 g/mol. The molecule has 4 heterocycles. The van der Waals surface area contributed by atoms with Gasteiger partial charge in [0.05, 0.1) is 38.9 Å². The molecule has 0 unspecified atom stereocenters. The lowest BCUT2D eigenvalue weighted by molar-refractivity contribution is 0.748. The van der Waals surface area contributed by atoms with Crippen molar-refractivity contribution in [2.24, 2.45) is 0 Å². The van der Waals surface area contributed by atoms with Crippen LogP contribution in [0.15, 0.2) is 152 Å². The molecule has 0 atom stereocenters. The molecule has 0 fully saturated rings. The summed E-state index contributed by atoms with van der Waals surface area (Å²) in [5.41, 5.74) is 15.3. The minimum atomic E-state index is -0.398. The Morgan fingerprint density at radius 3 is 2.02 bits per heavy atom. The third-order valence-corrected chi connectivity index (χ3v) is 10.4. The minimum Gasteiger partial charge on any atom is -0.309 e. The average Bonchev–Trinajstić information content (AvgIpc) is 3.62. The second-order valence-corrected chi connectivity index (χ2v) is 12.5. The summed E-state index contributed by atoms with van der Waals surface area (Å²) in [7, 11) is 0. The Kier molecular flexibility index (Phi) is 4.52. The zero-order valence-electron chi connectivity index (χ0n) is 24.8. The van der Waals surface area contributed by atoms with Gasteiger partial charge in [0.1, 0.15) is 0 Å². The topological polar surface area (TPSA) is 30.7 Å². The van der Waals surface area contributed by atoms with E-state index < -0.39 is 5.41 Å². The molecule has 11 rings (SSSR count). The Morgan fingerprint density at radius 1 is 0.500 bits per heavy atom. The first-order chi connectivity index (χ1) is 22.8. The highest BCUT2D eigenvalue weighted by Gasteiger charge is 2.50. The molecular weight excluding hydrogens is 558 g/mol. The van der Waals surface area contributed by atoms with E-state index in [0.29, 0.717) is 0 Å². The number of nitrogens with zero attached hydrogens (tertiary/aromatic N) is 3. The van der Waals surface area contributed by atoms with E-state index >= 15 is 0 Å². The molecule has 2 aliphatic rings. The van der Waals surface area contributed by atoms with Crippen LogP contribution < -0.4 is 0 Å². The molecule has 3 heteroatoms. The molecule has 1 aliphatic carbocycles. The largest absolute Gasteiger partial charge is 0.309 e. The first-order valence-corrected chi connectivity index (χ1v) is 15.8. The van der Waals surface area contributed by atoms with E-state index in [9.17, 15) is 0 Å². The van der Waals surface area contributed by atoms with Gasteiger partial charge < -0.3 is 4.57 Å². The normalized spacial score (nSPS) is 13.8. The summed E-state index contributed by atoms with van der Waals surface area (Å²) in [5.74, 6) is 0. The van der Waals surface area contributed by atoms with Crippen molar-refractivity contribution in [3.05, 3.63) is 174 Å². The first-order valence-electron chi connectivity index (χ1n) is 15.8. The molecule has 0 N–H and O–H groups in total. The Labute approximate surface area is 265 Å². The van der Waals surface area contributed by atoms with Crippen LogP contribution in [0, 0.1) is 0 Å². The highest BCUT2D eigenvalue weighted by molar-refractivity contribution is 6.14. The van der Waals surface area contributed by atoms with Gasteiger partial charge in [-0.25, -0.2) is 4.98 Å². The zero-order chi connectivity index (χ0) is 30.0. The second kappa shape index (κ2) is 8.56. The van der Waals surface area contributed by atoms with Crippen molar-refractivity contribution in [2.75, 3.05) is 0 Å². The van der Waals surface area contributed by atoms with E-state index in [0.717, 1.165) is 33.1 Å². The molecule has 6 aromatic carbocycles. The van der Waals surface area contributed by atoms with E-state index in [4.69, 9.17) is 4.98 Å². The van der Waals surface area contributed by atoms with Crippen molar-refractivity contribution in [1.29, 1.82) is 0 Å². The predicted molar refractivity (Wildman–Crippen MR) is 188 cm³/mol. The minimum absolute atomic E-state index is 0.398. The number of rotatable bonds is 1. The van der Waals surface area contributed by atoms with E-state index in [2.05, 4.69) is 149 Å². The highest BCUT2D eigenvalue weighted by atomic mass is 15.0. The molecule has 0 saturated heterocycles. The quantitative estimate of drug-likeness (QED) is 0.180. The van der Waals surface area contributed by atoms with Crippen molar-refractivity contribution in [1.82, 2.24) is 14.5 Å². The van der Waals surface area contributed by atoms with Gasteiger partial charge >= 0.3 is 0 Å². The van der Waals surface area contributed by atoms with Crippen LogP contribution in [0.4, 0.5) is 0 Å². The van der Waals surface area contributed by atoms with E-state index in [-0.39, 0.29) is 0 Å². The fourth-order valence-corrected chi connectivity index (χ4v) is 8.61. The van der Waals surface area contributed by atoms with Crippen molar-refractivity contribution >= 4 is 43.6 Å². The molecule has 0 amide bonds. The molecule has 1 aliphatic heterocycles. The van der Waals surface area contributed by atoms with Crippen LogP contribution >= 0.6 is 0 Å². The van der Waals surface area contributed by atoms with Gasteiger partial charge in [-0.2, -0.15) is 0 Å². The number of fused-ring (bicyclic) bond motifs is 15. The monoisotopic (exact) mass is 583 g/mol.